The van der Waals surface area contributed by atoms with E-state index in [4.69, 9.17) is 5.11 Å². The number of aromatic hydroxyl groups is 1. The third-order valence-electron chi connectivity index (χ3n) is 2.36. The maximum absolute atomic E-state index is 11.8. The van der Waals surface area contributed by atoms with Crippen LogP contribution in [0.1, 0.15) is 20.7 Å². The molecule has 1 aromatic carbocycles. The van der Waals surface area contributed by atoms with Crippen molar-refractivity contribution >= 4 is 17.7 Å². The van der Waals surface area contributed by atoms with Crippen molar-refractivity contribution in [1.29, 1.82) is 0 Å². The molecule has 3 N–H and O–H groups in total. The van der Waals surface area contributed by atoms with Gasteiger partial charge in [0, 0.05) is 11.8 Å². The van der Waals surface area contributed by atoms with Crippen molar-refractivity contribution in [3.8, 4) is 5.75 Å². The van der Waals surface area contributed by atoms with Crippen LogP contribution < -0.4 is 5.32 Å². The Kier molecular flexibility index (Phi) is 3.42. The average molecular weight is 258 g/mol. The second-order valence-electron chi connectivity index (χ2n) is 3.74. The Morgan fingerprint density at radius 2 is 1.89 bits per heavy atom. The zero-order chi connectivity index (χ0) is 13.8. The number of amides is 1. The maximum Gasteiger partial charge on any atom is 0.337 e. The zero-order valence-corrected chi connectivity index (χ0v) is 9.70. The molecule has 1 heterocycles. The predicted molar refractivity (Wildman–Crippen MR) is 67.3 cm³/mol. The number of benzene rings is 1. The number of carbonyl (C=O) groups is 2. The van der Waals surface area contributed by atoms with Gasteiger partial charge in [0.2, 0.25) is 0 Å². The van der Waals surface area contributed by atoms with Gasteiger partial charge in [0.05, 0.1) is 5.56 Å². The molecule has 0 aliphatic rings. The molecule has 0 radical (unpaired) electrons. The number of aromatic carboxylic acids is 1. The van der Waals surface area contributed by atoms with E-state index in [-0.39, 0.29) is 22.7 Å². The Labute approximate surface area is 108 Å². The smallest absolute Gasteiger partial charge is 0.337 e. The largest absolute Gasteiger partial charge is 0.508 e. The fourth-order valence-corrected chi connectivity index (χ4v) is 1.43. The predicted octanol–water partition coefficient (Wildman–Crippen LogP) is 1.74. The monoisotopic (exact) mass is 258 g/mol. The molecule has 0 bridgehead atoms. The van der Waals surface area contributed by atoms with E-state index in [0.29, 0.717) is 0 Å². The van der Waals surface area contributed by atoms with Gasteiger partial charge in [-0.1, -0.05) is 6.07 Å². The number of anilines is 1. The summed E-state index contributed by atoms with van der Waals surface area (Å²) in [4.78, 5) is 26.3. The number of nitrogens with one attached hydrogen (secondary N) is 1. The maximum atomic E-state index is 11.8. The van der Waals surface area contributed by atoms with E-state index in [1.165, 1.54) is 24.3 Å². The minimum absolute atomic E-state index is 0.0122. The van der Waals surface area contributed by atoms with Crippen LogP contribution in [0.4, 0.5) is 5.82 Å². The second-order valence-corrected chi connectivity index (χ2v) is 3.74. The summed E-state index contributed by atoms with van der Waals surface area (Å²) < 4.78 is 0. The van der Waals surface area contributed by atoms with Gasteiger partial charge in [0.1, 0.15) is 11.6 Å². The summed E-state index contributed by atoms with van der Waals surface area (Å²) in [6.45, 7) is 0. The Balaban J connectivity index is 2.13. The van der Waals surface area contributed by atoms with Gasteiger partial charge >= 0.3 is 5.97 Å². The summed E-state index contributed by atoms with van der Waals surface area (Å²) in [5.41, 5.74) is 0.319. The summed E-state index contributed by atoms with van der Waals surface area (Å²) in [7, 11) is 0. The minimum atomic E-state index is -1.08. The molecule has 6 heteroatoms. The number of phenolic OH excluding ortho intramolecular Hbond substituents is 1. The summed E-state index contributed by atoms with van der Waals surface area (Å²) in [6, 6.07) is 8.60. The highest BCUT2D eigenvalue weighted by Gasteiger charge is 2.08. The first-order valence-corrected chi connectivity index (χ1v) is 5.36. The summed E-state index contributed by atoms with van der Waals surface area (Å²) in [5.74, 6) is -1.30. The number of hydrogen-bond acceptors (Lipinski definition) is 4. The van der Waals surface area contributed by atoms with Crippen molar-refractivity contribution in [3.05, 3.63) is 53.7 Å². The molecule has 19 heavy (non-hydrogen) atoms. The molecule has 0 atom stereocenters. The topological polar surface area (TPSA) is 99.5 Å². The molecule has 0 spiro atoms. The fourth-order valence-electron chi connectivity index (χ4n) is 1.43. The number of carboxylic acids is 1. The molecule has 0 fully saturated rings. The third kappa shape index (κ3) is 3.06. The molecule has 0 aliphatic carbocycles. The van der Waals surface area contributed by atoms with Crippen molar-refractivity contribution in [2.45, 2.75) is 0 Å². The summed E-state index contributed by atoms with van der Waals surface area (Å²) in [5, 5.41) is 20.5. The number of pyridine rings is 1. The molecule has 1 aromatic heterocycles. The first-order chi connectivity index (χ1) is 9.06. The van der Waals surface area contributed by atoms with E-state index in [1.54, 1.807) is 12.1 Å². The van der Waals surface area contributed by atoms with Crippen LogP contribution in [0.3, 0.4) is 0 Å². The molecule has 0 saturated heterocycles. The zero-order valence-electron chi connectivity index (χ0n) is 9.70. The number of aromatic nitrogens is 1. The van der Waals surface area contributed by atoms with E-state index in [1.807, 2.05) is 0 Å². The van der Waals surface area contributed by atoms with Crippen LogP contribution >= 0.6 is 0 Å². The second kappa shape index (κ2) is 5.18. The molecule has 96 valence electrons. The number of rotatable bonds is 3. The van der Waals surface area contributed by atoms with Crippen molar-refractivity contribution < 1.29 is 19.8 Å². The van der Waals surface area contributed by atoms with Crippen molar-refractivity contribution in [2.24, 2.45) is 0 Å². The van der Waals surface area contributed by atoms with Crippen LogP contribution in [0.25, 0.3) is 0 Å². The van der Waals surface area contributed by atoms with Crippen LogP contribution in [-0.4, -0.2) is 27.1 Å². The molecule has 0 saturated carbocycles. The normalized spacial score (nSPS) is 9.89. The third-order valence-corrected chi connectivity index (χ3v) is 2.36. The van der Waals surface area contributed by atoms with Gasteiger partial charge < -0.3 is 15.5 Å². The van der Waals surface area contributed by atoms with Gasteiger partial charge in [-0.25, -0.2) is 9.78 Å². The quantitative estimate of drug-likeness (QED) is 0.778. The molecule has 1 amide bonds. The van der Waals surface area contributed by atoms with Gasteiger partial charge in [0.25, 0.3) is 5.91 Å². The summed E-state index contributed by atoms with van der Waals surface area (Å²) >= 11 is 0. The Morgan fingerprint density at radius 3 is 2.47 bits per heavy atom. The van der Waals surface area contributed by atoms with Gasteiger partial charge in [-0.3, -0.25) is 4.79 Å². The lowest BCUT2D eigenvalue weighted by Crippen LogP contribution is -2.13. The van der Waals surface area contributed by atoms with Gasteiger partial charge in [-0.05, 0) is 30.3 Å². The van der Waals surface area contributed by atoms with Gasteiger partial charge in [-0.15, -0.1) is 0 Å². The van der Waals surface area contributed by atoms with Crippen LogP contribution in [0.2, 0.25) is 0 Å². The minimum Gasteiger partial charge on any atom is -0.508 e. The lowest BCUT2D eigenvalue weighted by atomic mass is 10.2. The lowest BCUT2D eigenvalue weighted by molar-refractivity contribution is 0.0696. The van der Waals surface area contributed by atoms with Crippen molar-refractivity contribution in [3.63, 3.8) is 0 Å². The van der Waals surface area contributed by atoms with E-state index < -0.39 is 11.9 Å². The van der Waals surface area contributed by atoms with Crippen LogP contribution in [-0.2, 0) is 0 Å². The first-order valence-electron chi connectivity index (χ1n) is 5.36. The van der Waals surface area contributed by atoms with E-state index in [9.17, 15) is 14.7 Å². The molecule has 2 rings (SSSR count). The molecule has 0 aliphatic heterocycles. The van der Waals surface area contributed by atoms with Crippen LogP contribution in [0, 0.1) is 0 Å². The van der Waals surface area contributed by atoms with Crippen molar-refractivity contribution in [2.75, 3.05) is 5.32 Å². The Hall–Kier alpha value is -2.89. The van der Waals surface area contributed by atoms with Crippen LogP contribution in [0.15, 0.2) is 42.6 Å². The SMILES string of the molecule is O=C(O)c1ccc(NC(=O)c2cccc(O)c2)nc1. The Bertz CT molecular complexity index is 623. The molecule has 2 aromatic rings. The standard InChI is InChI=1S/C13H10N2O4/c16-10-3-1-2-8(6-10)12(17)15-11-5-4-9(7-14-11)13(18)19/h1-7,16H,(H,18,19)(H,14,15,17). The molecule has 6 nitrogen and oxygen atoms in total. The highest BCUT2D eigenvalue weighted by Crippen LogP contribution is 2.13. The van der Waals surface area contributed by atoms with E-state index in [2.05, 4.69) is 10.3 Å². The number of carbonyl (C=O) groups excluding carboxylic acids is 1. The first kappa shape index (κ1) is 12.6. The van der Waals surface area contributed by atoms with Crippen LogP contribution in [0.5, 0.6) is 5.75 Å². The number of nitrogens with zero attached hydrogens (tertiary/aromatic N) is 1. The Morgan fingerprint density at radius 1 is 1.11 bits per heavy atom. The van der Waals surface area contributed by atoms with E-state index >= 15 is 0 Å². The average Bonchev–Trinajstić information content (AvgIpc) is 2.39. The molecular weight excluding hydrogens is 248 g/mol. The van der Waals surface area contributed by atoms with Gasteiger partial charge in [0.15, 0.2) is 0 Å². The molecule has 0 unspecified atom stereocenters. The molecular formula is C13H10N2O4. The van der Waals surface area contributed by atoms with E-state index in [0.717, 1.165) is 6.20 Å². The lowest BCUT2D eigenvalue weighted by Gasteiger charge is -2.04. The number of hydrogen-bond donors (Lipinski definition) is 3. The summed E-state index contributed by atoms with van der Waals surface area (Å²) in [6.07, 6.45) is 1.15. The fraction of sp³-hybridized carbons (Fsp3) is 0. The highest BCUT2D eigenvalue weighted by atomic mass is 16.4. The van der Waals surface area contributed by atoms with Crippen molar-refractivity contribution in [1.82, 2.24) is 4.98 Å². The number of phenols is 1. The highest BCUT2D eigenvalue weighted by molar-refractivity contribution is 6.04. The van der Waals surface area contributed by atoms with Gasteiger partial charge in [-0.2, -0.15) is 0 Å². The number of carboxylic acid groups (broad SMARTS) is 1.